The molecule has 216 valence electrons. The SMILES string of the molecule is CNC(C)(C)CNCCN(C)[C@H]1COc2cccc(C)c2-c2c(C3CCCCC3)c3ccc(C(=O)O)cc3n2C1. The zero-order valence-electron chi connectivity index (χ0n) is 24.8. The number of fused-ring (bicyclic) bond motifs is 5. The predicted octanol–water partition coefficient (Wildman–Crippen LogP) is 5.64. The van der Waals surface area contributed by atoms with Crippen molar-refractivity contribution in [3.63, 3.8) is 0 Å². The third kappa shape index (κ3) is 5.78. The Morgan fingerprint density at radius 3 is 2.67 bits per heavy atom. The van der Waals surface area contributed by atoms with E-state index in [9.17, 15) is 9.90 Å². The monoisotopic (exact) mass is 546 g/mol. The molecule has 1 fully saturated rings. The molecular weight excluding hydrogens is 500 g/mol. The van der Waals surface area contributed by atoms with E-state index < -0.39 is 5.97 Å². The van der Waals surface area contributed by atoms with Gasteiger partial charge in [0.1, 0.15) is 12.4 Å². The quantitative estimate of drug-likeness (QED) is 0.302. The molecular formula is C33H46N4O3. The molecule has 1 aromatic heterocycles. The van der Waals surface area contributed by atoms with E-state index in [1.54, 1.807) is 6.07 Å². The number of aryl methyl sites for hydroxylation is 1. The number of aromatic nitrogens is 1. The van der Waals surface area contributed by atoms with Gasteiger partial charge >= 0.3 is 5.97 Å². The molecule has 1 aliphatic heterocycles. The zero-order valence-corrected chi connectivity index (χ0v) is 24.8. The second-order valence-electron chi connectivity index (χ2n) is 12.4. The zero-order chi connectivity index (χ0) is 28.4. The Bertz CT molecular complexity index is 1360. The Morgan fingerprint density at radius 1 is 1.18 bits per heavy atom. The number of nitrogens with one attached hydrogen (secondary N) is 2. The lowest BCUT2D eigenvalue weighted by Gasteiger charge is -2.33. The first-order valence-electron chi connectivity index (χ1n) is 14.9. The molecule has 40 heavy (non-hydrogen) atoms. The highest BCUT2D eigenvalue weighted by Gasteiger charge is 2.32. The average molecular weight is 547 g/mol. The molecule has 3 aromatic rings. The Labute approximate surface area is 238 Å². The van der Waals surface area contributed by atoms with Gasteiger partial charge in [-0.2, -0.15) is 0 Å². The summed E-state index contributed by atoms with van der Waals surface area (Å²) in [5.41, 5.74) is 6.37. The fraction of sp³-hybridized carbons (Fsp3) is 0.545. The van der Waals surface area contributed by atoms with Crippen molar-refractivity contribution in [3.8, 4) is 17.0 Å². The van der Waals surface area contributed by atoms with Crippen LogP contribution < -0.4 is 15.4 Å². The second kappa shape index (κ2) is 11.9. The average Bonchev–Trinajstić information content (AvgIpc) is 3.24. The van der Waals surface area contributed by atoms with E-state index in [4.69, 9.17) is 4.74 Å². The molecule has 0 saturated heterocycles. The second-order valence-corrected chi connectivity index (χ2v) is 12.4. The summed E-state index contributed by atoms with van der Waals surface area (Å²) in [6.45, 7) is 10.5. The lowest BCUT2D eigenvalue weighted by molar-refractivity contribution is 0.0697. The molecule has 0 spiro atoms. The molecule has 0 amide bonds. The maximum absolute atomic E-state index is 12.1. The molecule has 5 rings (SSSR count). The van der Waals surface area contributed by atoms with Gasteiger partial charge in [0.15, 0.2) is 0 Å². The van der Waals surface area contributed by atoms with Crippen LogP contribution >= 0.6 is 0 Å². The minimum atomic E-state index is -0.883. The first-order valence-corrected chi connectivity index (χ1v) is 14.9. The van der Waals surface area contributed by atoms with Crippen LogP contribution in [0.2, 0.25) is 0 Å². The minimum absolute atomic E-state index is 0.0415. The van der Waals surface area contributed by atoms with Crippen molar-refractivity contribution in [1.82, 2.24) is 20.1 Å². The number of rotatable bonds is 9. The van der Waals surface area contributed by atoms with Gasteiger partial charge in [0.25, 0.3) is 0 Å². The maximum atomic E-state index is 12.1. The summed E-state index contributed by atoms with van der Waals surface area (Å²) in [5.74, 6) is 0.504. The molecule has 1 atom stereocenters. The van der Waals surface area contributed by atoms with Crippen LogP contribution in [0.1, 0.15) is 73.4 Å². The standard InChI is InChI=1S/C33H46N4O3/c1-22-10-9-13-28-29(22)31-30(23-11-7-6-8-12-23)26-15-14-24(32(38)39)18-27(26)37(31)19-25(20-40-28)36(5)17-16-35-21-33(2,3)34-4/h9-10,13-15,18,23,25,34-35H,6-8,11-12,16-17,19-21H2,1-5H3,(H,38,39)/t25-/m1/s1. The third-order valence-corrected chi connectivity index (χ3v) is 9.17. The summed E-state index contributed by atoms with van der Waals surface area (Å²) in [6.07, 6.45) is 6.12. The molecule has 0 radical (unpaired) electrons. The molecule has 0 unspecified atom stereocenters. The Morgan fingerprint density at radius 2 is 1.95 bits per heavy atom. The molecule has 2 aromatic carbocycles. The normalized spacial score (nSPS) is 18.2. The van der Waals surface area contributed by atoms with Gasteiger partial charge < -0.3 is 25.0 Å². The Balaban J connectivity index is 1.59. The molecule has 7 heteroatoms. The van der Waals surface area contributed by atoms with E-state index in [1.165, 1.54) is 54.3 Å². The number of benzene rings is 2. The van der Waals surface area contributed by atoms with E-state index >= 15 is 0 Å². The van der Waals surface area contributed by atoms with Crippen LogP contribution in [-0.2, 0) is 6.54 Å². The van der Waals surface area contributed by atoms with Gasteiger partial charge in [-0.05, 0) is 83.0 Å². The Hall–Kier alpha value is -2.87. The number of carbonyl (C=O) groups is 1. The maximum Gasteiger partial charge on any atom is 0.335 e. The summed E-state index contributed by atoms with van der Waals surface area (Å²) in [6, 6.07) is 12.2. The molecule has 7 nitrogen and oxygen atoms in total. The molecule has 1 saturated carbocycles. The number of carboxylic acid groups (broad SMARTS) is 1. The number of likely N-dealkylation sites (N-methyl/N-ethyl adjacent to an activating group) is 2. The number of nitrogens with zero attached hydrogens (tertiary/aromatic N) is 2. The van der Waals surface area contributed by atoms with Crippen LogP contribution in [-0.4, -0.2) is 72.5 Å². The van der Waals surface area contributed by atoms with Gasteiger partial charge in [-0.3, -0.25) is 4.90 Å². The van der Waals surface area contributed by atoms with Crippen LogP contribution in [0, 0.1) is 6.92 Å². The Kier molecular flexibility index (Phi) is 8.55. The number of ether oxygens (including phenoxy) is 1. The van der Waals surface area contributed by atoms with Crippen molar-refractivity contribution in [3.05, 3.63) is 53.1 Å². The van der Waals surface area contributed by atoms with Crippen LogP contribution in [0.25, 0.3) is 22.2 Å². The highest BCUT2D eigenvalue weighted by Crippen LogP contribution is 2.48. The van der Waals surface area contributed by atoms with Crippen LogP contribution in [0.4, 0.5) is 0 Å². The fourth-order valence-corrected chi connectivity index (χ4v) is 6.48. The molecule has 1 aliphatic carbocycles. The number of aromatic carboxylic acids is 1. The van der Waals surface area contributed by atoms with Crippen molar-refractivity contribution in [2.24, 2.45) is 0 Å². The third-order valence-electron chi connectivity index (χ3n) is 9.17. The number of hydrogen-bond donors (Lipinski definition) is 3. The number of hydrogen-bond acceptors (Lipinski definition) is 5. The van der Waals surface area contributed by atoms with Crippen molar-refractivity contribution in [2.75, 3.05) is 40.3 Å². The van der Waals surface area contributed by atoms with E-state index in [2.05, 4.69) is 72.2 Å². The minimum Gasteiger partial charge on any atom is -0.491 e. The fourth-order valence-electron chi connectivity index (χ4n) is 6.48. The van der Waals surface area contributed by atoms with E-state index in [0.717, 1.165) is 43.0 Å². The first-order chi connectivity index (χ1) is 19.2. The number of carboxylic acids is 1. The highest BCUT2D eigenvalue weighted by molar-refractivity contribution is 5.99. The summed E-state index contributed by atoms with van der Waals surface area (Å²) >= 11 is 0. The van der Waals surface area contributed by atoms with Crippen LogP contribution in [0.5, 0.6) is 5.75 Å². The van der Waals surface area contributed by atoms with E-state index in [0.29, 0.717) is 18.1 Å². The highest BCUT2D eigenvalue weighted by atomic mass is 16.5. The van der Waals surface area contributed by atoms with Gasteiger partial charge in [0.05, 0.1) is 17.3 Å². The summed E-state index contributed by atoms with van der Waals surface area (Å²) in [4.78, 5) is 14.4. The van der Waals surface area contributed by atoms with Gasteiger partial charge in [-0.15, -0.1) is 0 Å². The largest absolute Gasteiger partial charge is 0.491 e. The smallest absolute Gasteiger partial charge is 0.335 e. The van der Waals surface area contributed by atoms with Crippen molar-refractivity contribution in [1.29, 1.82) is 0 Å². The van der Waals surface area contributed by atoms with Crippen LogP contribution in [0.15, 0.2) is 36.4 Å². The van der Waals surface area contributed by atoms with Gasteiger partial charge in [0, 0.05) is 48.2 Å². The molecule has 2 aliphatic rings. The summed E-state index contributed by atoms with van der Waals surface area (Å²) < 4.78 is 9.03. The van der Waals surface area contributed by atoms with Crippen LogP contribution in [0.3, 0.4) is 0 Å². The lowest BCUT2D eigenvalue weighted by Crippen LogP contribution is -2.48. The molecule has 2 heterocycles. The lowest BCUT2D eigenvalue weighted by atomic mass is 9.81. The van der Waals surface area contributed by atoms with E-state index in [-0.39, 0.29) is 11.6 Å². The topological polar surface area (TPSA) is 78.8 Å². The predicted molar refractivity (Wildman–Crippen MR) is 163 cm³/mol. The molecule has 3 N–H and O–H groups in total. The van der Waals surface area contributed by atoms with Crippen molar-refractivity contribution < 1.29 is 14.6 Å². The van der Waals surface area contributed by atoms with Gasteiger partial charge in [-0.1, -0.05) is 37.5 Å². The van der Waals surface area contributed by atoms with E-state index in [1.807, 2.05) is 13.1 Å². The summed E-state index contributed by atoms with van der Waals surface area (Å²) in [7, 11) is 4.17. The summed E-state index contributed by atoms with van der Waals surface area (Å²) in [5, 5.41) is 18.0. The van der Waals surface area contributed by atoms with Gasteiger partial charge in [-0.25, -0.2) is 4.79 Å². The van der Waals surface area contributed by atoms with Crippen molar-refractivity contribution in [2.45, 2.75) is 76.9 Å². The van der Waals surface area contributed by atoms with Crippen molar-refractivity contribution >= 4 is 16.9 Å². The molecule has 0 bridgehead atoms. The van der Waals surface area contributed by atoms with Gasteiger partial charge in [0.2, 0.25) is 0 Å². The first kappa shape index (κ1) is 28.7.